The predicted octanol–water partition coefficient (Wildman–Crippen LogP) is 1.52. The lowest BCUT2D eigenvalue weighted by molar-refractivity contribution is 0.216. The molecule has 9 nitrogen and oxygen atoms in total. The summed E-state index contributed by atoms with van der Waals surface area (Å²) in [6.45, 7) is 3.31. The zero-order valence-electron chi connectivity index (χ0n) is 16.5. The minimum atomic E-state index is -3.66. The number of anilines is 1. The van der Waals surface area contributed by atoms with Gasteiger partial charge in [0.05, 0.1) is 28.7 Å². The molecule has 0 aliphatic carbocycles. The monoisotopic (exact) mass is 445 g/mol. The third-order valence-electron chi connectivity index (χ3n) is 5.08. The van der Waals surface area contributed by atoms with Gasteiger partial charge >= 0.3 is 6.03 Å². The molecule has 0 spiro atoms. The highest BCUT2D eigenvalue weighted by Crippen LogP contribution is 2.30. The summed E-state index contributed by atoms with van der Waals surface area (Å²) in [5.74, 6) is 0.201. The number of hydrogen-bond acceptors (Lipinski definition) is 6. The van der Waals surface area contributed by atoms with Crippen LogP contribution in [0.2, 0.25) is 0 Å². The van der Waals surface area contributed by atoms with Crippen LogP contribution in [0.1, 0.15) is 26.2 Å². The Balaban J connectivity index is 1.82. The van der Waals surface area contributed by atoms with Crippen LogP contribution in [0.3, 0.4) is 0 Å². The van der Waals surface area contributed by atoms with E-state index in [1.54, 1.807) is 6.92 Å². The standard InChI is InChI=1S/C18H27N3O6S2/c1-2-27-17-7-6-15(29(25,26)21-8-4-3-5-9-21)14-16(17)19-18(22)20-10-12-28(23,24)13-11-20/h6-7,14H,2-5,8-13H2,1H3,(H,19,22). The number of carbonyl (C=O) groups excluding carboxylic acids is 1. The molecule has 2 fully saturated rings. The van der Waals surface area contributed by atoms with Gasteiger partial charge in [-0.2, -0.15) is 4.31 Å². The second-order valence-electron chi connectivity index (χ2n) is 7.12. The van der Waals surface area contributed by atoms with E-state index in [2.05, 4.69) is 5.32 Å². The number of nitrogens with one attached hydrogen (secondary N) is 1. The summed E-state index contributed by atoms with van der Waals surface area (Å²) in [5.41, 5.74) is 0.253. The lowest BCUT2D eigenvalue weighted by atomic mass is 10.2. The topological polar surface area (TPSA) is 113 Å². The van der Waals surface area contributed by atoms with Crippen LogP contribution in [0, 0.1) is 0 Å². The summed E-state index contributed by atoms with van der Waals surface area (Å²) in [6.07, 6.45) is 2.68. The summed E-state index contributed by atoms with van der Waals surface area (Å²) in [5, 5.41) is 2.69. The fourth-order valence-electron chi connectivity index (χ4n) is 3.41. The van der Waals surface area contributed by atoms with Crippen molar-refractivity contribution in [3.63, 3.8) is 0 Å². The van der Waals surface area contributed by atoms with Crippen molar-refractivity contribution in [1.29, 1.82) is 0 Å². The lowest BCUT2D eigenvalue weighted by Crippen LogP contribution is -2.45. The Bertz CT molecular complexity index is 942. The molecule has 0 aromatic heterocycles. The van der Waals surface area contributed by atoms with Crippen LogP contribution in [0.15, 0.2) is 23.1 Å². The Morgan fingerprint density at radius 2 is 1.76 bits per heavy atom. The maximum absolute atomic E-state index is 13.0. The van der Waals surface area contributed by atoms with Crippen LogP contribution in [-0.4, -0.2) is 76.4 Å². The van der Waals surface area contributed by atoms with Gasteiger partial charge in [-0.1, -0.05) is 6.42 Å². The van der Waals surface area contributed by atoms with Gasteiger partial charge in [0.15, 0.2) is 9.84 Å². The van der Waals surface area contributed by atoms with Gasteiger partial charge in [0.25, 0.3) is 0 Å². The van der Waals surface area contributed by atoms with Gasteiger partial charge < -0.3 is 15.0 Å². The maximum Gasteiger partial charge on any atom is 0.322 e. The zero-order valence-corrected chi connectivity index (χ0v) is 18.1. The molecule has 2 saturated heterocycles. The molecule has 0 bridgehead atoms. The van der Waals surface area contributed by atoms with Gasteiger partial charge in [0.2, 0.25) is 10.0 Å². The normalized spacial score (nSPS) is 20.2. The van der Waals surface area contributed by atoms with Crippen molar-refractivity contribution >= 4 is 31.6 Å². The minimum absolute atomic E-state index is 0.0812. The first-order chi connectivity index (χ1) is 13.7. The number of piperidine rings is 1. The van der Waals surface area contributed by atoms with Gasteiger partial charge in [-0.05, 0) is 38.0 Å². The van der Waals surface area contributed by atoms with E-state index in [-0.39, 0.29) is 35.2 Å². The van der Waals surface area contributed by atoms with E-state index in [1.807, 2.05) is 0 Å². The van der Waals surface area contributed by atoms with Crippen molar-refractivity contribution in [1.82, 2.24) is 9.21 Å². The van der Waals surface area contributed by atoms with Gasteiger partial charge in [-0.15, -0.1) is 0 Å². The molecule has 2 aliphatic rings. The molecule has 2 heterocycles. The summed E-state index contributed by atoms with van der Waals surface area (Å²) >= 11 is 0. The third kappa shape index (κ3) is 5.20. The highest BCUT2D eigenvalue weighted by molar-refractivity contribution is 7.91. The van der Waals surface area contributed by atoms with E-state index in [0.717, 1.165) is 19.3 Å². The Labute approximate surface area is 172 Å². The molecule has 0 saturated carbocycles. The zero-order chi connectivity index (χ0) is 21.1. The first-order valence-electron chi connectivity index (χ1n) is 9.76. The number of ether oxygens (including phenoxy) is 1. The summed E-state index contributed by atoms with van der Waals surface area (Å²) in [7, 11) is -6.77. The molecule has 0 unspecified atom stereocenters. The molecule has 0 radical (unpaired) electrons. The first kappa shape index (κ1) is 21.8. The number of benzene rings is 1. The number of rotatable bonds is 5. The number of carbonyl (C=O) groups is 1. The van der Waals surface area contributed by atoms with Gasteiger partial charge in [0.1, 0.15) is 5.75 Å². The minimum Gasteiger partial charge on any atom is -0.492 e. The number of urea groups is 1. The van der Waals surface area contributed by atoms with Crippen LogP contribution in [-0.2, 0) is 19.9 Å². The van der Waals surface area contributed by atoms with Crippen LogP contribution >= 0.6 is 0 Å². The summed E-state index contributed by atoms with van der Waals surface area (Å²) < 4.78 is 56.1. The number of sulfone groups is 1. The van der Waals surface area contributed by atoms with Gasteiger partial charge in [-0.3, -0.25) is 0 Å². The molecule has 162 valence electrons. The molecule has 1 N–H and O–H groups in total. The molecular formula is C18H27N3O6S2. The molecule has 11 heteroatoms. The highest BCUT2D eigenvalue weighted by atomic mass is 32.2. The van der Waals surface area contributed by atoms with E-state index in [0.29, 0.717) is 25.4 Å². The van der Waals surface area contributed by atoms with Gasteiger partial charge in [-0.25, -0.2) is 21.6 Å². The Morgan fingerprint density at radius 3 is 2.38 bits per heavy atom. The largest absolute Gasteiger partial charge is 0.492 e. The SMILES string of the molecule is CCOc1ccc(S(=O)(=O)N2CCCCC2)cc1NC(=O)N1CCS(=O)(=O)CC1. The second-order valence-corrected chi connectivity index (χ2v) is 11.4. The number of hydrogen-bond donors (Lipinski definition) is 1. The smallest absolute Gasteiger partial charge is 0.322 e. The predicted molar refractivity (Wildman–Crippen MR) is 109 cm³/mol. The molecule has 29 heavy (non-hydrogen) atoms. The average Bonchev–Trinajstić information content (AvgIpc) is 2.70. The molecule has 1 aromatic rings. The molecule has 2 amide bonds. The number of nitrogens with zero attached hydrogens (tertiary/aromatic N) is 2. The molecular weight excluding hydrogens is 418 g/mol. The lowest BCUT2D eigenvalue weighted by Gasteiger charge is -2.28. The van der Waals surface area contributed by atoms with Crippen molar-refractivity contribution in [3.8, 4) is 5.75 Å². The van der Waals surface area contributed by atoms with E-state index in [1.165, 1.54) is 27.4 Å². The second kappa shape index (κ2) is 8.88. The highest BCUT2D eigenvalue weighted by Gasteiger charge is 2.28. The van der Waals surface area contributed by atoms with E-state index in [4.69, 9.17) is 4.74 Å². The molecule has 0 atom stereocenters. The Hall–Kier alpha value is -1.85. The fourth-order valence-corrected chi connectivity index (χ4v) is 6.16. The Kier molecular flexibility index (Phi) is 6.69. The maximum atomic E-state index is 13.0. The number of amides is 2. The molecule has 1 aromatic carbocycles. The Morgan fingerprint density at radius 1 is 1.10 bits per heavy atom. The molecule has 2 aliphatic heterocycles. The van der Waals surface area contributed by atoms with Crippen LogP contribution in [0.25, 0.3) is 0 Å². The van der Waals surface area contributed by atoms with Crippen molar-refractivity contribution in [3.05, 3.63) is 18.2 Å². The van der Waals surface area contributed by atoms with Crippen LogP contribution < -0.4 is 10.1 Å². The third-order valence-corrected chi connectivity index (χ3v) is 8.58. The van der Waals surface area contributed by atoms with E-state index < -0.39 is 25.9 Å². The quantitative estimate of drug-likeness (QED) is 0.735. The summed E-state index contributed by atoms with van der Waals surface area (Å²) in [4.78, 5) is 14.1. The van der Waals surface area contributed by atoms with E-state index >= 15 is 0 Å². The van der Waals surface area contributed by atoms with Crippen LogP contribution in [0.5, 0.6) is 5.75 Å². The fraction of sp³-hybridized carbons (Fsp3) is 0.611. The average molecular weight is 446 g/mol. The van der Waals surface area contributed by atoms with Crippen molar-refractivity contribution in [2.45, 2.75) is 31.1 Å². The van der Waals surface area contributed by atoms with Crippen molar-refractivity contribution < 1.29 is 26.4 Å². The summed E-state index contributed by atoms with van der Waals surface area (Å²) in [6, 6.07) is 3.95. The van der Waals surface area contributed by atoms with Crippen LogP contribution in [0.4, 0.5) is 10.5 Å². The van der Waals surface area contributed by atoms with Crippen molar-refractivity contribution in [2.75, 3.05) is 49.6 Å². The molecule has 3 rings (SSSR count). The van der Waals surface area contributed by atoms with E-state index in [9.17, 15) is 21.6 Å². The first-order valence-corrected chi connectivity index (χ1v) is 13.0. The van der Waals surface area contributed by atoms with Gasteiger partial charge in [0, 0.05) is 26.2 Å². The number of sulfonamides is 1. The van der Waals surface area contributed by atoms with Crippen molar-refractivity contribution in [2.24, 2.45) is 0 Å².